The smallest absolute Gasteiger partial charge is 0.336 e. The first-order valence-electron chi connectivity index (χ1n) is 5.67. The molecule has 2 aromatic carbocycles. The van der Waals surface area contributed by atoms with Gasteiger partial charge in [0, 0.05) is 0 Å². The van der Waals surface area contributed by atoms with Crippen molar-refractivity contribution in [2.75, 3.05) is 0 Å². The van der Waals surface area contributed by atoms with Gasteiger partial charge in [-0.1, -0.05) is 30.3 Å². The average molecular weight is 256 g/mol. The highest BCUT2D eigenvalue weighted by Crippen LogP contribution is 2.28. The standard InChI is InChI=1S/C15H12O4/c1-9-7-11(14(16)17)8-12(15(18)19)13(9)10-5-3-2-4-6-10/h2-8H,1H3,(H,16,17)(H,18,19). The molecular formula is C15H12O4. The molecule has 0 fully saturated rings. The summed E-state index contributed by atoms with van der Waals surface area (Å²) >= 11 is 0. The number of aromatic carboxylic acids is 2. The van der Waals surface area contributed by atoms with Gasteiger partial charge in [-0.3, -0.25) is 0 Å². The van der Waals surface area contributed by atoms with Crippen LogP contribution in [0.4, 0.5) is 0 Å². The lowest BCUT2D eigenvalue weighted by Crippen LogP contribution is -2.06. The van der Waals surface area contributed by atoms with Gasteiger partial charge in [0.05, 0.1) is 11.1 Å². The van der Waals surface area contributed by atoms with Gasteiger partial charge in [-0.2, -0.15) is 0 Å². The Balaban J connectivity index is 2.73. The SMILES string of the molecule is Cc1cc(C(=O)O)cc(C(=O)O)c1-c1ccccc1. The molecule has 0 spiro atoms. The maximum Gasteiger partial charge on any atom is 0.336 e. The maximum atomic E-state index is 11.3. The van der Waals surface area contributed by atoms with Gasteiger partial charge in [0.1, 0.15) is 0 Å². The highest BCUT2D eigenvalue weighted by atomic mass is 16.4. The lowest BCUT2D eigenvalue weighted by Gasteiger charge is -2.11. The number of carboxylic acids is 2. The Morgan fingerprint density at radius 3 is 2.11 bits per heavy atom. The zero-order chi connectivity index (χ0) is 14.0. The molecule has 2 aromatic rings. The van der Waals surface area contributed by atoms with Crippen LogP contribution in [0.15, 0.2) is 42.5 Å². The molecule has 0 radical (unpaired) electrons. The van der Waals surface area contributed by atoms with Gasteiger partial charge in [-0.05, 0) is 35.7 Å². The van der Waals surface area contributed by atoms with Crippen molar-refractivity contribution >= 4 is 11.9 Å². The van der Waals surface area contributed by atoms with E-state index in [1.165, 1.54) is 12.1 Å². The Kier molecular flexibility index (Phi) is 3.33. The second kappa shape index (κ2) is 4.94. The van der Waals surface area contributed by atoms with Crippen molar-refractivity contribution in [3.05, 3.63) is 59.2 Å². The van der Waals surface area contributed by atoms with E-state index in [4.69, 9.17) is 5.11 Å². The molecule has 0 saturated heterocycles. The van der Waals surface area contributed by atoms with E-state index in [0.29, 0.717) is 11.1 Å². The third kappa shape index (κ3) is 2.47. The molecular weight excluding hydrogens is 244 g/mol. The highest BCUT2D eigenvalue weighted by Gasteiger charge is 2.17. The molecule has 0 aliphatic carbocycles. The topological polar surface area (TPSA) is 74.6 Å². The van der Waals surface area contributed by atoms with E-state index in [0.717, 1.165) is 5.56 Å². The van der Waals surface area contributed by atoms with Gasteiger partial charge in [0.25, 0.3) is 0 Å². The minimum absolute atomic E-state index is 0.00333. The minimum Gasteiger partial charge on any atom is -0.478 e. The minimum atomic E-state index is -1.13. The molecule has 0 amide bonds. The van der Waals surface area contributed by atoms with E-state index in [9.17, 15) is 14.7 Å². The van der Waals surface area contributed by atoms with Crippen molar-refractivity contribution in [3.63, 3.8) is 0 Å². The summed E-state index contributed by atoms with van der Waals surface area (Å²) in [6, 6.07) is 11.7. The van der Waals surface area contributed by atoms with Crippen LogP contribution >= 0.6 is 0 Å². The maximum absolute atomic E-state index is 11.3. The predicted octanol–water partition coefficient (Wildman–Crippen LogP) is 3.06. The summed E-state index contributed by atoms with van der Waals surface area (Å²) < 4.78 is 0. The molecule has 0 atom stereocenters. The molecule has 4 nitrogen and oxygen atoms in total. The summed E-state index contributed by atoms with van der Waals surface area (Å²) in [6.45, 7) is 1.71. The van der Waals surface area contributed by atoms with Crippen LogP contribution in [0.5, 0.6) is 0 Å². The number of rotatable bonds is 3. The third-order valence-corrected chi connectivity index (χ3v) is 2.88. The van der Waals surface area contributed by atoms with Crippen LogP contribution in [0.25, 0.3) is 11.1 Å². The summed E-state index contributed by atoms with van der Waals surface area (Å²) in [7, 11) is 0. The predicted molar refractivity (Wildman–Crippen MR) is 70.5 cm³/mol. The lowest BCUT2D eigenvalue weighted by molar-refractivity contribution is 0.0696. The van der Waals surface area contributed by atoms with Crippen LogP contribution < -0.4 is 0 Å². The quantitative estimate of drug-likeness (QED) is 0.885. The number of carboxylic acid groups (broad SMARTS) is 2. The van der Waals surface area contributed by atoms with E-state index < -0.39 is 11.9 Å². The van der Waals surface area contributed by atoms with Crippen LogP contribution in [-0.4, -0.2) is 22.2 Å². The zero-order valence-corrected chi connectivity index (χ0v) is 10.3. The number of benzene rings is 2. The molecule has 0 aliphatic heterocycles. The van der Waals surface area contributed by atoms with E-state index in [-0.39, 0.29) is 11.1 Å². The normalized spacial score (nSPS) is 10.2. The number of hydrogen-bond donors (Lipinski definition) is 2. The monoisotopic (exact) mass is 256 g/mol. The fourth-order valence-electron chi connectivity index (χ4n) is 2.07. The fourth-order valence-corrected chi connectivity index (χ4v) is 2.07. The van der Waals surface area contributed by atoms with Gasteiger partial charge in [-0.25, -0.2) is 9.59 Å². The summed E-state index contributed by atoms with van der Waals surface area (Å²) in [5, 5.41) is 18.2. The van der Waals surface area contributed by atoms with Crippen molar-refractivity contribution in [1.29, 1.82) is 0 Å². The van der Waals surface area contributed by atoms with Gasteiger partial charge in [-0.15, -0.1) is 0 Å². The van der Waals surface area contributed by atoms with Crippen molar-refractivity contribution in [3.8, 4) is 11.1 Å². The van der Waals surface area contributed by atoms with Crippen LogP contribution in [0.1, 0.15) is 26.3 Å². The van der Waals surface area contributed by atoms with E-state index in [1.807, 2.05) is 18.2 Å². The molecule has 4 heteroatoms. The molecule has 96 valence electrons. The number of aryl methyl sites for hydroxylation is 1. The molecule has 0 saturated carbocycles. The van der Waals surface area contributed by atoms with Gasteiger partial charge < -0.3 is 10.2 Å². The summed E-state index contributed by atoms with van der Waals surface area (Å²) in [4.78, 5) is 22.3. The molecule has 0 aliphatic rings. The highest BCUT2D eigenvalue weighted by molar-refractivity contribution is 6.00. The van der Waals surface area contributed by atoms with Crippen molar-refractivity contribution in [2.45, 2.75) is 6.92 Å². The Morgan fingerprint density at radius 2 is 1.58 bits per heavy atom. The molecule has 0 unspecified atom stereocenters. The largest absolute Gasteiger partial charge is 0.478 e. The van der Waals surface area contributed by atoms with E-state index >= 15 is 0 Å². The second-order valence-corrected chi connectivity index (χ2v) is 4.19. The second-order valence-electron chi connectivity index (χ2n) is 4.19. The Morgan fingerprint density at radius 1 is 0.947 bits per heavy atom. The van der Waals surface area contributed by atoms with Gasteiger partial charge in [0.15, 0.2) is 0 Å². The van der Waals surface area contributed by atoms with Crippen molar-refractivity contribution in [1.82, 2.24) is 0 Å². The van der Waals surface area contributed by atoms with E-state index in [1.54, 1.807) is 19.1 Å². The number of hydrogen-bond acceptors (Lipinski definition) is 2. The van der Waals surface area contributed by atoms with E-state index in [2.05, 4.69) is 0 Å². The van der Waals surface area contributed by atoms with Crippen molar-refractivity contribution < 1.29 is 19.8 Å². The molecule has 0 heterocycles. The Bertz CT molecular complexity index is 645. The Hall–Kier alpha value is -2.62. The molecule has 19 heavy (non-hydrogen) atoms. The zero-order valence-electron chi connectivity index (χ0n) is 10.3. The first-order valence-corrected chi connectivity index (χ1v) is 5.67. The molecule has 2 rings (SSSR count). The van der Waals surface area contributed by atoms with Crippen LogP contribution in [0, 0.1) is 6.92 Å². The first kappa shape index (κ1) is 12.8. The first-order chi connectivity index (χ1) is 9.00. The summed E-state index contributed by atoms with van der Waals surface area (Å²) in [5.41, 5.74) is 1.93. The van der Waals surface area contributed by atoms with Gasteiger partial charge >= 0.3 is 11.9 Å². The third-order valence-electron chi connectivity index (χ3n) is 2.88. The Labute approximate surface area is 109 Å². The van der Waals surface area contributed by atoms with Crippen LogP contribution in [0.3, 0.4) is 0 Å². The molecule has 2 N–H and O–H groups in total. The van der Waals surface area contributed by atoms with Crippen molar-refractivity contribution in [2.24, 2.45) is 0 Å². The summed E-state index contributed by atoms with van der Waals surface area (Å²) in [5.74, 6) is -2.27. The molecule has 0 aromatic heterocycles. The average Bonchev–Trinajstić information content (AvgIpc) is 2.38. The van der Waals surface area contributed by atoms with Crippen LogP contribution in [-0.2, 0) is 0 Å². The lowest BCUT2D eigenvalue weighted by atomic mass is 9.93. The summed E-state index contributed by atoms with van der Waals surface area (Å²) in [6.07, 6.45) is 0. The fraction of sp³-hybridized carbons (Fsp3) is 0.0667. The molecule has 0 bridgehead atoms. The van der Waals surface area contributed by atoms with Crippen LogP contribution in [0.2, 0.25) is 0 Å². The number of carbonyl (C=O) groups is 2. The van der Waals surface area contributed by atoms with Gasteiger partial charge in [0.2, 0.25) is 0 Å².